The van der Waals surface area contributed by atoms with E-state index in [2.05, 4.69) is 34.5 Å². The highest BCUT2D eigenvalue weighted by Crippen LogP contribution is 2.36. The highest BCUT2D eigenvalue weighted by Gasteiger charge is 2.30. The summed E-state index contributed by atoms with van der Waals surface area (Å²) in [5.74, 6) is 0. The number of sulfonamides is 1. The number of halogens is 1. The van der Waals surface area contributed by atoms with Gasteiger partial charge >= 0.3 is 0 Å². The van der Waals surface area contributed by atoms with Gasteiger partial charge in [-0.15, -0.1) is 11.3 Å². The standard InChI is InChI=1S/C13H20BrNO2S2/c1-9-11(8-12(14)18-9)19(16,17)15-10-4-6-13(2,3)7-5-10/h8,10,15H,4-7H2,1-3H3. The molecule has 3 nitrogen and oxygen atoms in total. The number of thiophene rings is 1. The average Bonchev–Trinajstić information content (AvgIpc) is 2.62. The maximum Gasteiger partial charge on any atom is 0.241 e. The van der Waals surface area contributed by atoms with Crippen LogP contribution in [0, 0.1) is 12.3 Å². The molecule has 0 unspecified atom stereocenters. The Balaban J connectivity index is 2.09. The lowest BCUT2D eigenvalue weighted by molar-refractivity contribution is 0.218. The van der Waals surface area contributed by atoms with Crippen LogP contribution in [0.25, 0.3) is 0 Å². The first-order valence-electron chi connectivity index (χ1n) is 6.48. The molecule has 1 aromatic heterocycles. The summed E-state index contributed by atoms with van der Waals surface area (Å²) >= 11 is 4.80. The van der Waals surface area contributed by atoms with E-state index in [0.717, 1.165) is 34.3 Å². The first-order chi connectivity index (χ1) is 8.70. The van der Waals surface area contributed by atoms with Crippen LogP contribution in [0.2, 0.25) is 0 Å². The summed E-state index contributed by atoms with van der Waals surface area (Å²) in [4.78, 5) is 1.24. The third kappa shape index (κ3) is 3.80. The predicted octanol–water partition coefficient (Wildman–Crippen LogP) is 4.07. The second kappa shape index (κ2) is 5.47. The second-order valence-corrected chi connectivity index (χ2v) is 10.3. The number of nitrogens with one attached hydrogen (secondary N) is 1. The Morgan fingerprint density at radius 1 is 1.37 bits per heavy atom. The summed E-state index contributed by atoms with van der Waals surface area (Å²) in [6.45, 7) is 6.34. The Morgan fingerprint density at radius 3 is 2.42 bits per heavy atom. The topological polar surface area (TPSA) is 46.2 Å². The summed E-state index contributed by atoms with van der Waals surface area (Å²) in [6, 6.07) is 1.77. The van der Waals surface area contributed by atoms with Gasteiger partial charge in [0.25, 0.3) is 0 Å². The van der Waals surface area contributed by atoms with E-state index < -0.39 is 10.0 Å². The molecule has 0 aliphatic heterocycles. The lowest BCUT2D eigenvalue weighted by Gasteiger charge is -2.34. The van der Waals surface area contributed by atoms with Crippen molar-refractivity contribution in [3.05, 3.63) is 14.7 Å². The van der Waals surface area contributed by atoms with Crippen LogP contribution in [0.1, 0.15) is 44.4 Å². The zero-order chi connectivity index (χ0) is 14.3. The molecule has 1 heterocycles. The van der Waals surface area contributed by atoms with Crippen molar-refractivity contribution < 1.29 is 8.42 Å². The molecule has 1 aliphatic carbocycles. The van der Waals surface area contributed by atoms with Gasteiger partial charge < -0.3 is 0 Å². The van der Waals surface area contributed by atoms with Crippen LogP contribution in [0.15, 0.2) is 14.7 Å². The summed E-state index contributed by atoms with van der Waals surface area (Å²) < 4.78 is 28.5. The van der Waals surface area contributed by atoms with Gasteiger partial charge in [-0.3, -0.25) is 0 Å². The van der Waals surface area contributed by atoms with E-state index in [1.807, 2.05) is 6.92 Å². The molecule has 1 saturated carbocycles. The molecule has 0 atom stereocenters. The van der Waals surface area contributed by atoms with Crippen LogP contribution in [-0.4, -0.2) is 14.5 Å². The van der Waals surface area contributed by atoms with Gasteiger partial charge in [0.2, 0.25) is 10.0 Å². The van der Waals surface area contributed by atoms with E-state index in [9.17, 15) is 8.42 Å². The minimum Gasteiger partial charge on any atom is -0.208 e. The fraction of sp³-hybridized carbons (Fsp3) is 0.692. The molecule has 6 heteroatoms. The highest BCUT2D eigenvalue weighted by atomic mass is 79.9. The Labute approximate surface area is 128 Å². The van der Waals surface area contributed by atoms with Crippen LogP contribution in [0.3, 0.4) is 0 Å². The highest BCUT2D eigenvalue weighted by molar-refractivity contribution is 9.11. The van der Waals surface area contributed by atoms with Gasteiger partial charge in [-0.1, -0.05) is 13.8 Å². The van der Waals surface area contributed by atoms with Gasteiger partial charge in [-0.05, 0) is 60.0 Å². The first kappa shape index (κ1) is 15.5. The molecule has 19 heavy (non-hydrogen) atoms. The molecule has 1 aliphatic rings. The van der Waals surface area contributed by atoms with Crippen LogP contribution in [0.4, 0.5) is 0 Å². The Kier molecular flexibility index (Phi) is 4.45. The van der Waals surface area contributed by atoms with Crippen molar-refractivity contribution in [2.45, 2.75) is 57.4 Å². The van der Waals surface area contributed by atoms with Crippen molar-refractivity contribution in [1.82, 2.24) is 4.72 Å². The Morgan fingerprint density at radius 2 is 1.95 bits per heavy atom. The lowest BCUT2D eigenvalue weighted by atomic mass is 9.76. The molecular formula is C13H20BrNO2S2. The zero-order valence-electron chi connectivity index (χ0n) is 11.5. The maximum atomic E-state index is 12.4. The molecule has 1 fully saturated rings. The molecule has 0 spiro atoms. The van der Waals surface area contributed by atoms with Gasteiger partial charge in [0.15, 0.2) is 0 Å². The zero-order valence-corrected chi connectivity index (χ0v) is 14.7. The predicted molar refractivity (Wildman–Crippen MR) is 83.1 cm³/mol. The Bertz CT molecular complexity index is 553. The molecule has 108 valence electrons. The molecule has 1 N–H and O–H groups in total. The van der Waals surface area contributed by atoms with Crippen LogP contribution in [0.5, 0.6) is 0 Å². The summed E-state index contributed by atoms with van der Waals surface area (Å²) in [5, 5.41) is 0. The van der Waals surface area contributed by atoms with Crippen molar-refractivity contribution in [1.29, 1.82) is 0 Å². The monoisotopic (exact) mass is 365 g/mol. The minimum absolute atomic E-state index is 0.0797. The van der Waals surface area contributed by atoms with E-state index in [1.54, 1.807) is 6.07 Å². The summed E-state index contributed by atoms with van der Waals surface area (Å²) in [7, 11) is -3.38. The molecule has 0 aromatic carbocycles. The number of hydrogen-bond donors (Lipinski definition) is 1. The third-order valence-corrected chi connectivity index (χ3v) is 7.12. The van der Waals surface area contributed by atoms with E-state index in [0.29, 0.717) is 10.3 Å². The number of rotatable bonds is 3. The average molecular weight is 366 g/mol. The SMILES string of the molecule is Cc1sc(Br)cc1S(=O)(=O)NC1CCC(C)(C)CC1. The van der Waals surface area contributed by atoms with Gasteiger partial charge in [0.05, 0.1) is 8.68 Å². The fourth-order valence-corrected chi connectivity index (χ4v) is 6.22. The van der Waals surface area contributed by atoms with Gasteiger partial charge in [-0.25, -0.2) is 13.1 Å². The summed E-state index contributed by atoms with van der Waals surface area (Å²) in [6.07, 6.45) is 4.01. The van der Waals surface area contributed by atoms with Crippen molar-refractivity contribution in [2.24, 2.45) is 5.41 Å². The molecule has 0 amide bonds. The minimum atomic E-state index is -3.38. The smallest absolute Gasteiger partial charge is 0.208 e. The summed E-state index contributed by atoms with van der Waals surface area (Å²) in [5.41, 5.74) is 0.350. The normalized spacial score (nSPS) is 20.6. The van der Waals surface area contributed by atoms with Gasteiger partial charge in [0, 0.05) is 10.9 Å². The fourth-order valence-electron chi connectivity index (χ4n) is 2.50. The van der Waals surface area contributed by atoms with E-state index in [4.69, 9.17) is 0 Å². The molecule has 1 aromatic rings. The third-order valence-electron chi connectivity index (χ3n) is 3.79. The van der Waals surface area contributed by atoms with Gasteiger partial charge in [0.1, 0.15) is 0 Å². The van der Waals surface area contributed by atoms with Crippen LogP contribution >= 0.6 is 27.3 Å². The van der Waals surface area contributed by atoms with E-state index in [-0.39, 0.29) is 6.04 Å². The van der Waals surface area contributed by atoms with Crippen molar-refractivity contribution in [2.75, 3.05) is 0 Å². The van der Waals surface area contributed by atoms with Crippen molar-refractivity contribution in [3.63, 3.8) is 0 Å². The molecule has 0 bridgehead atoms. The van der Waals surface area contributed by atoms with Gasteiger partial charge in [-0.2, -0.15) is 0 Å². The maximum absolute atomic E-state index is 12.4. The first-order valence-corrected chi connectivity index (χ1v) is 9.57. The van der Waals surface area contributed by atoms with Crippen LogP contribution in [-0.2, 0) is 10.0 Å². The quantitative estimate of drug-likeness (QED) is 0.877. The van der Waals surface area contributed by atoms with Crippen molar-refractivity contribution >= 4 is 37.3 Å². The second-order valence-electron chi connectivity index (χ2n) is 6.03. The molecule has 0 radical (unpaired) electrons. The molecule has 0 saturated heterocycles. The number of aryl methyl sites for hydroxylation is 1. The lowest BCUT2D eigenvalue weighted by Crippen LogP contribution is -2.39. The van der Waals surface area contributed by atoms with E-state index >= 15 is 0 Å². The largest absolute Gasteiger partial charge is 0.241 e. The molecule has 2 rings (SSSR count). The molecular weight excluding hydrogens is 346 g/mol. The van der Waals surface area contributed by atoms with E-state index in [1.165, 1.54) is 11.3 Å². The van der Waals surface area contributed by atoms with Crippen molar-refractivity contribution in [3.8, 4) is 0 Å². The number of hydrogen-bond acceptors (Lipinski definition) is 3. The van der Waals surface area contributed by atoms with Crippen LogP contribution < -0.4 is 4.72 Å². The Hall–Kier alpha value is 0.0900.